The minimum absolute atomic E-state index is 0.164. The Kier molecular flexibility index (Phi) is 7.74. The van der Waals surface area contributed by atoms with Crippen LogP contribution in [0.5, 0.6) is 0 Å². The molecule has 2 rings (SSSR count). The fourth-order valence-electron chi connectivity index (χ4n) is 2.81. The number of aromatic nitrogens is 2. The van der Waals surface area contributed by atoms with Gasteiger partial charge in [-0.3, -0.25) is 14.4 Å². The Morgan fingerprint density at radius 3 is 2.43 bits per heavy atom. The molecule has 0 aliphatic rings. The molecular formula is C20H27N5O3. The summed E-state index contributed by atoms with van der Waals surface area (Å²) in [5, 5.41) is 5.40. The molecular weight excluding hydrogens is 358 g/mol. The molecule has 0 spiro atoms. The van der Waals surface area contributed by atoms with Gasteiger partial charge in [0.25, 0.3) is 0 Å². The number of benzene rings is 1. The molecule has 150 valence electrons. The quantitative estimate of drug-likeness (QED) is 0.479. The normalized spacial score (nSPS) is 13.0. The van der Waals surface area contributed by atoms with E-state index < -0.39 is 23.9 Å². The summed E-state index contributed by atoms with van der Waals surface area (Å²) in [7, 11) is 0. The van der Waals surface area contributed by atoms with Crippen molar-refractivity contribution in [3.05, 3.63) is 54.1 Å². The van der Waals surface area contributed by atoms with Crippen molar-refractivity contribution in [2.75, 3.05) is 0 Å². The third kappa shape index (κ3) is 6.53. The van der Waals surface area contributed by atoms with Crippen molar-refractivity contribution >= 4 is 17.7 Å². The second-order valence-corrected chi connectivity index (χ2v) is 7.02. The van der Waals surface area contributed by atoms with E-state index in [0.29, 0.717) is 12.1 Å². The van der Waals surface area contributed by atoms with Gasteiger partial charge in [-0.1, -0.05) is 44.2 Å². The lowest BCUT2D eigenvalue weighted by Gasteiger charge is -2.23. The zero-order chi connectivity index (χ0) is 20.5. The lowest BCUT2D eigenvalue weighted by atomic mass is 10.0. The van der Waals surface area contributed by atoms with Crippen LogP contribution in [0.15, 0.2) is 42.9 Å². The Balaban J connectivity index is 2.02. The molecule has 28 heavy (non-hydrogen) atoms. The van der Waals surface area contributed by atoms with E-state index in [1.807, 2.05) is 30.3 Å². The molecule has 1 heterocycles. The number of aryl methyl sites for hydroxylation is 1. The number of nitrogens with zero attached hydrogens (tertiary/aromatic N) is 1. The van der Waals surface area contributed by atoms with E-state index in [1.54, 1.807) is 20.0 Å². The van der Waals surface area contributed by atoms with Crippen LogP contribution in [0.1, 0.15) is 31.5 Å². The van der Waals surface area contributed by atoms with Crippen LogP contribution in [0.2, 0.25) is 0 Å². The molecule has 8 heteroatoms. The van der Waals surface area contributed by atoms with Crippen molar-refractivity contribution in [2.24, 2.45) is 11.7 Å². The highest BCUT2D eigenvalue weighted by Crippen LogP contribution is 2.06. The Morgan fingerprint density at radius 2 is 1.86 bits per heavy atom. The topological polar surface area (TPSA) is 130 Å². The Morgan fingerprint density at radius 1 is 1.14 bits per heavy atom. The van der Waals surface area contributed by atoms with Crippen molar-refractivity contribution in [3.63, 3.8) is 0 Å². The molecule has 0 aliphatic carbocycles. The number of carbonyl (C=O) groups excluding carboxylic acids is 3. The minimum Gasteiger partial charge on any atom is -0.368 e. The van der Waals surface area contributed by atoms with Crippen LogP contribution in [-0.2, 0) is 27.2 Å². The van der Waals surface area contributed by atoms with Crippen molar-refractivity contribution < 1.29 is 14.4 Å². The van der Waals surface area contributed by atoms with Crippen LogP contribution in [0.25, 0.3) is 0 Å². The number of carbonyl (C=O) groups is 3. The molecule has 0 bridgehead atoms. The second-order valence-electron chi connectivity index (χ2n) is 7.02. The first-order chi connectivity index (χ1) is 13.4. The zero-order valence-corrected chi connectivity index (χ0v) is 16.1. The number of nitrogens with two attached hydrogens (primary N) is 1. The SMILES string of the molecule is CC(C)[C@H](NC(=O)[C@H](Cc1cnc[nH]1)NC(=O)CCc1ccccc1)C(N)=O. The van der Waals surface area contributed by atoms with Gasteiger partial charge in [0.15, 0.2) is 0 Å². The van der Waals surface area contributed by atoms with Crippen molar-refractivity contribution in [3.8, 4) is 0 Å². The molecule has 0 radical (unpaired) electrons. The van der Waals surface area contributed by atoms with E-state index in [4.69, 9.17) is 5.73 Å². The van der Waals surface area contributed by atoms with Gasteiger partial charge < -0.3 is 21.4 Å². The Bertz CT molecular complexity index is 774. The molecule has 8 nitrogen and oxygen atoms in total. The van der Waals surface area contributed by atoms with Crippen molar-refractivity contribution in [1.29, 1.82) is 0 Å². The van der Waals surface area contributed by atoms with E-state index in [1.165, 1.54) is 6.33 Å². The predicted molar refractivity (Wildman–Crippen MR) is 105 cm³/mol. The number of hydrogen-bond donors (Lipinski definition) is 4. The van der Waals surface area contributed by atoms with E-state index in [-0.39, 0.29) is 24.7 Å². The lowest BCUT2D eigenvalue weighted by molar-refractivity contribution is -0.131. The molecule has 0 aliphatic heterocycles. The van der Waals surface area contributed by atoms with Crippen molar-refractivity contribution in [1.82, 2.24) is 20.6 Å². The number of nitrogens with one attached hydrogen (secondary N) is 3. The van der Waals surface area contributed by atoms with Crippen LogP contribution in [-0.4, -0.2) is 39.8 Å². The van der Waals surface area contributed by atoms with Gasteiger partial charge in [0, 0.05) is 24.7 Å². The number of aromatic amines is 1. The monoisotopic (exact) mass is 385 g/mol. The van der Waals surface area contributed by atoms with Gasteiger partial charge in [-0.05, 0) is 17.9 Å². The van der Waals surface area contributed by atoms with Crippen molar-refractivity contribution in [2.45, 2.75) is 45.2 Å². The first-order valence-electron chi connectivity index (χ1n) is 9.27. The first-order valence-corrected chi connectivity index (χ1v) is 9.27. The maximum atomic E-state index is 12.7. The molecule has 2 aromatic rings. The molecule has 1 aromatic heterocycles. The fraction of sp³-hybridized carbons (Fsp3) is 0.400. The van der Waals surface area contributed by atoms with Gasteiger partial charge in [0.05, 0.1) is 6.33 Å². The summed E-state index contributed by atoms with van der Waals surface area (Å²) in [6, 6.07) is 7.99. The summed E-state index contributed by atoms with van der Waals surface area (Å²) in [6.45, 7) is 3.58. The van der Waals surface area contributed by atoms with E-state index in [2.05, 4.69) is 20.6 Å². The summed E-state index contributed by atoms with van der Waals surface area (Å²) in [5.74, 6) is -1.48. The number of H-pyrrole nitrogens is 1. The maximum absolute atomic E-state index is 12.7. The van der Waals surface area contributed by atoms with Crippen LogP contribution in [0.3, 0.4) is 0 Å². The predicted octanol–water partition coefficient (Wildman–Crippen LogP) is 0.696. The summed E-state index contributed by atoms with van der Waals surface area (Å²) >= 11 is 0. The molecule has 0 saturated carbocycles. The number of imidazole rings is 1. The number of amides is 3. The van der Waals surface area contributed by atoms with E-state index in [0.717, 1.165) is 5.56 Å². The number of rotatable bonds is 10. The smallest absolute Gasteiger partial charge is 0.243 e. The second kappa shape index (κ2) is 10.2. The summed E-state index contributed by atoms with van der Waals surface area (Å²) in [4.78, 5) is 43.6. The highest BCUT2D eigenvalue weighted by molar-refractivity contribution is 5.91. The average molecular weight is 385 g/mol. The summed E-state index contributed by atoms with van der Waals surface area (Å²) < 4.78 is 0. The molecule has 1 aromatic carbocycles. The largest absolute Gasteiger partial charge is 0.368 e. The van der Waals surface area contributed by atoms with Crippen LogP contribution >= 0.6 is 0 Å². The van der Waals surface area contributed by atoms with Gasteiger partial charge in [-0.2, -0.15) is 0 Å². The van der Waals surface area contributed by atoms with Gasteiger partial charge >= 0.3 is 0 Å². The number of primary amides is 1. The third-order valence-electron chi connectivity index (χ3n) is 4.39. The summed E-state index contributed by atoms with van der Waals surface area (Å²) in [6.07, 6.45) is 4.14. The van der Waals surface area contributed by atoms with E-state index >= 15 is 0 Å². The van der Waals surface area contributed by atoms with E-state index in [9.17, 15) is 14.4 Å². The van der Waals surface area contributed by atoms with Gasteiger partial charge in [0.2, 0.25) is 17.7 Å². The van der Waals surface area contributed by atoms with Crippen LogP contribution in [0.4, 0.5) is 0 Å². The third-order valence-corrected chi connectivity index (χ3v) is 4.39. The van der Waals surface area contributed by atoms with Gasteiger partial charge in [-0.25, -0.2) is 4.98 Å². The van der Waals surface area contributed by atoms with Gasteiger partial charge in [0.1, 0.15) is 12.1 Å². The Labute approximate surface area is 164 Å². The highest BCUT2D eigenvalue weighted by atomic mass is 16.2. The first kappa shape index (κ1) is 21.1. The molecule has 5 N–H and O–H groups in total. The molecule has 2 atom stereocenters. The maximum Gasteiger partial charge on any atom is 0.243 e. The minimum atomic E-state index is -0.843. The highest BCUT2D eigenvalue weighted by Gasteiger charge is 2.27. The lowest BCUT2D eigenvalue weighted by Crippen LogP contribution is -2.55. The number of hydrogen-bond acceptors (Lipinski definition) is 4. The molecule has 0 saturated heterocycles. The summed E-state index contributed by atoms with van der Waals surface area (Å²) in [5.41, 5.74) is 7.12. The molecule has 3 amide bonds. The van der Waals surface area contributed by atoms with Crippen LogP contribution in [0, 0.1) is 5.92 Å². The average Bonchev–Trinajstić information content (AvgIpc) is 3.17. The molecule has 0 unspecified atom stereocenters. The van der Waals surface area contributed by atoms with Gasteiger partial charge in [-0.15, -0.1) is 0 Å². The Hall–Kier alpha value is -3.16. The zero-order valence-electron chi connectivity index (χ0n) is 16.1. The van der Waals surface area contributed by atoms with Crippen LogP contribution < -0.4 is 16.4 Å². The fourth-order valence-corrected chi connectivity index (χ4v) is 2.81. The standard InChI is InChI=1S/C20H27N5O3/c1-13(2)18(19(21)27)25-20(28)16(10-15-11-22-12-23-15)24-17(26)9-8-14-6-4-3-5-7-14/h3-7,11-13,16,18H,8-10H2,1-2H3,(H2,21,27)(H,22,23)(H,24,26)(H,25,28)/t16-,18-/m0/s1. The molecule has 0 fully saturated rings.